The fourth-order valence-electron chi connectivity index (χ4n) is 16.1. The van der Waals surface area contributed by atoms with Crippen molar-refractivity contribution in [3.63, 3.8) is 0 Å². The number of nitrogens with one attached hydrogen (secondary N) is 2. The van der Waals surface area contributed by atoms with Crippen molar-refractivity contribution in [2.75, 3.05) is 66.5 Å². The minimum Gasteiger partial charge on any atom is -0.483 e. The average Bonchev–Trinajstić information content (AvgIpc) is 1.64. The summed E-state index contributed by atoms with van der Waals surface area (Å²) in [6.07, 6.45) is 28.0. The molecular formula is C92H84F4N12O17S4. The first-order valence-corrected chi connectivity index (χ1v) is 45.7. The molecule has 0 saturated carbocycles. The maximum atomic E-state index is 14.1. The van der Waals surface area contributed by atoms with Crippen molar-refractivity contribution in [2.45, 2.75) is 57.6 Å². The van der Waals surface area contributed by atoms with Crippen molar-refractivity contribution in [3.8, 4) is 0 Å². The molecular weight excluding hydrogens is 1750 g/mol. The summed E-state index contributed by atoms with van der Waals surface area (Å²) < 4.78 is 175. The largest absolute Gasteiger partial charge is 0.483 e. The molecule has 8 aromatic heterocycles. The van der Waals surface area contributed by atoms with Gasteiger partial charge in [-0.25, -0.2) is 67.1 Å². The Morgan fingerprint density at radius 2 is 0.798 bits per heavy atom. The third kappa shape index (κ3) is 19.9. The van der Waals surface area contributed by atoms with Crippen LogP contribution in [0.3, 0.4) is 0 Å². The first-order chi connectivity index (χ1) is 62.1. The third-order valence-corrected chi connectivity index (χ3v) is 29.0. The molecule has 1 saturated heterocycles. The van der Waals surface area contributed by atoms with E-state index < -0.39 is 51.7 Å². The zero-order valence-electron chi connectivity index (χ0n) is 69.0. The van der Waals surface area contributed by atoms with Crippen LogP contribution in [-0.2, 0) is 59.3 Å². The number of hydrogen-bond donors (Lipinski definition) is 6. The molecule has 1 fully saturated rings. The van der Waals surface area contributed by atoms with Crippen molar-refractivity contribution in [1.29, 1.82) is 0 Å². The van der Waals surface area contributed by atoms with Crippen LogP contribution in [-0.4, -0.2) is 192 Å². The number of carboxylic acid groups (broad SMARTS) is 4. The van der Waals surface area contributed by atoms with Crippen LogP contribution in [0.25, 0.3) is 104 Å². The van der Waals surface area contributed by atoms with Crippen LogP contribution >= 0.6 is 0 Å². The summed E-state index contributed by atoms with van der Waals surface area (Å²) in [5.41, 5.74) is 8.64. The number of carbonyl (C=O) groups is 4. The zero-order chi connectivity index (χ0) is 91.9. The lowest BCUT2D eigenvalue weighted by molar-refractivity contribution is -0.123. The standard InChI is InChI=1S/C23H22FN3O2S.2C22H18FN3O2S.C21H18FN3O3S.4CH2O2/c1-26-11-8-16(9-12-26)21-15-27(22-6-5-18(24)13-20(21)22)30(28,29)23-4-2-3-17-14-25-10-7-19(17)23;23-17-4-5-21-19(12-17)20(15-6-9-24-10-7-15)14-26(21)29(27,28)22-3-1-2-16-13-25-11-8-18(16)22;23-17-4-5-21-18(12-17)20(16-6-9-24-10-7-16)14-26(21)29(27,28)22-3-1-2-15-8-11-25-13-19(15)22;1-24-8-6-14(7-9-24)19-13-25(20-4-2-16(22)11-18(19)20)29(26,27)17-3-5-21-15(10-17)12-23-28-21;4*2-1-3/h2-7,10,13-16H,8-9,11-12H2,1H3;2*1-6,8,11-14,24H,7,9-10H2;2-6,10-13H,7-9H2,1H3;4*1H,(H,2,3). The number of aromatic nitrogens is 8. The molecule has 4 aliphatic heterocycles. The lowest BCUT2D eigenvalue weighted by Crippen LogP contribution is -2.29. The van der Waals surface area contributed by atoms with E-state index in [9.17, 15) is 51.2 Å². The Balaban J connectivity index is 0.000000141. The van der Waals surface area contributed by atoms with Gasteiger partial charge in [-0.3, -0.25) is 34.1 Å². The summed E-state index contributed by atoms with van der Waals surface area (Å²) in [7, 11) is -11.5. The van der Waals surface area contributed by atoms with Gasteiger partial charge in [0.2, 0.25) is 0 Å². The van der Waals surface area contributed by atoms with Crippen LogP contribution in [0.1, 0.15) is 60.3 Å². The second kappa shape index (κ2) is 40.8. The number of fused-ring (bicyclic) bond motifs is 8. The fourth-order valence-corrected chi connectivity index (χ4v) is 22.2. The van der Waals surface area contributed by atoms with E-state index in [0.29, 0.717) is 83.8 Å². The number of likely N-dealkylation sites (N-methyl/N-ethyl adjacent to an activating group) is 1. The summed E-state index contributed by atoms with van der Waals surface area (Å²) in [5, 5.41) is 44.9. The second-order valence-electron chi connectivity index (χ2n) is 29.8. The molecule has 4 aliphatic rings. The molecule has 0 atom stereocenters. The van der Waals surface area contributed by atoms with E-state index in [4.69, 9.17) is 44.1 Å². The lowest BCUT2D eigenvalue weighted by atomic mass is 9.89. The second-order valence-corrected chi connectivity index (χ2v) is 36.9. The van der Waals surface area contributed by atoms with E-state index in [0.717, 1.165) is 127 Å². The summed E-state index contributed by atoms with van der Waals surface area (Å²) in [6.45, 7) is 5.54. The predicted molar refractivity (Wildman–Crippen MR) is 482 cm³/mol. The van der Waals surface area contributed by atoms with Crippen molar-refractivity contribution < 1.29 is 95.4 Å². The van der Waals surface area contributed by atoms with E-state index in [1.807, 2.05) is 37.4 Å². The number of halogens is 4. The Morgan fingerprint density at radius 1 is 0.395 bits per heavy atom. The van der Waals surface area contributed by atoms with Gasteiger partial charge in [0.25, 0.3) is 66.0 Å². The van der Waals surface area contributed by atoms with Crippen LogP contribution in [0.15, 0.2) is 274 Å². The number of nitrogens with zero attached hydrogens (tertiary/aromatic N) is 10. The van der Waals surface area contributed by atoms with Gasteiger partial charge in [0.1, 0.15) is 23.3 Å². The maximum Gasteiger partial charge on any atom is 0.290 e. The predicted octanol–water partition coefficient (Wildman–Crippen LogP) is 14.9. The molecule has 0 bridgehead atoms. The number of rotatable bonds is 12. The van der Waals surface area contributed by atoms with E-state index in [1.54, 1.807) is 129 Å². The third-order valence-electron chi connectivity index (χ3n) is 22.1. The Morgan fingerprint density at radius 3 is 1.24 bits per heavy atom. The molecule has 666 valence electrons. The van der Waals surface area contributed by atoms with Crippen LogP contribution in [0.4, 0.5) is 17.6 Å². The number of benzene rings is 8. The summed E-state index contributed by atoms with van der Waals surface area (Å²) in [5.74, 6) is -1.33. The molecule has 37 heteroatoms. The highest BCUT2D eigenvalue weighted by atomic mass is 32.2. The quantitative estimate of drug-likeness (QED) is 0.0489. The van der Waals surface area contributed by atoms with Gasteiger partial charge in [-0.2, -0.15) is 0 Å². The Labute approximate surface area is 736 Å². The Bertz CT molecular complexity index is 7240. The van der Waals surface area contributed by atoms with Crippen LogP contribution in [0.2, 0.25) is 0 Å². The van der Waals surface area contributed by atoms with Gasteiger partial charge in [0.05, 0.1) is 47.8 Å². The molecule has 8 aromatic carbocycles. The first kappa shape index (κ1) is 92.7. The van der Waals surface area contributed by atoms with Gasteiger partial charge < -0.3 is 45.4 Å². The van der Waals surface area contributed by atoms with E-state index in [-0.39, 0.29) is 63.0 Å². The van der Waals surface area contributed by atoms with Crippen molar-refractivity contribution in [3.05, 3.63) is 296 Å². The molecule has 6 N–H and O–H groups in total. The monoisotopic (exact) mass is 1830 g/mol. The molecule has 12 heterocycles. The topological polar surface area (TPSA) is 401 Å². The average molecular weight is 1830 g/mol. The molecule has 0 spiro atoms. The normalized spacial score (nSPS) is 14.5. The summed E-state index contributed by atoms with van der Waals surface area (Å²) >= 11 is 0. The van der Waals surface area contributed by atoms with Gasteiger partial charge in [0.15, 0.2) is 5.58 Å². The van der Waals surface area contributed by atoms with Gasteiger partial charge in [-0.1, -0.05) is 59.8 Å². The molecule has 20 rings (SSSR count). The summed E-state index contributed by atoms with van der Waals surface area (Å²) in [4.78, 5) is 50.9. The number of hydrogen-bond acceptors (Lipinski definition) is 21. The summed E-state index contributed by atoms with van der Waals surface area (Å²) in [6, 6.07) is 42.3. The van der Waals surface area contributed by atoms with Gasteiger partial charge >= 0.3 is 0 Å². The SMILES string of the molecule is CN1CC=C(c2cn(S(=O)(=O)c3ccc4oncc4c3)c3ccc(F)cc23)CC1.CN1CCC(c2cn(S(=O)(=O)c3cccc4cnccc34)c3ccc(F)cc23)CC1.O=CO.O=CO.O=CO.O=CO.O=S(=O)(c1cccc2ccncc12)n1cc(C2=CCNCC2)c2cc(F)ccc21.O=S(=O)(c1cccc2cnccc12)n1cc(C2=CCNCC2)c2cc(F)ccc21. The zero-order valence-corrected chi connectivity index (χ0v) is 72.2. The molecule has 0 aliphatic carbocycles. The highest BCUT2D eigenvalue weighted by Gasteiger charge is 2.32. The molecule has 0 amide bonds. The first-order valence-electron chi connectivity index (χ1n) is 39.9. The van der Waals surface area contributed by atoms with Crippen LogP contribution in [0.5, 0.6) is 0 Å². The number of likely N-dealkylation sites (tertiary alicyclic amines) is 1. The molecule has 0 unspecified atom stereocenters. The highest BCUT2D eigenvalue weighted by Crippen LogP contribution is 2.41. The van der Waals surface area contributed by atoms with Gasteiger partial charge in [-0.05, 0) is 233 Å². The number of pyridine rings is 3. The highest BCUT2D eigenvalue weighted by molar-refractivity contribution is 7.91. The van der Waals surface area contributed by atoms with Crippen molar-refractivity contribution >= 4 is 170 Å². The number of piperidine rings is 1. The van der Waals surface area contributed by atoms with E-state index in [2.05, 4.69) is 53.7 Å². The van der Waals surface area contributed by atoms with Crippen LogP contribution in [0, 0.1) is 23.3 Å². The smallest absolute Gasteiger partial charge is 0.290 e. The van der Waals surface area contributed by atoms with E-state index in [1.165, 1.54) is 101 Å². The van der Waals surface area contributed by atoms with Crippen molar-refractivity contribution in [1.82, 2.24) is 56.4 Å². The Hall–Kier alpha value is -13.9. The Kier molecular flexibility index (Phi) is 29.3. The molecule has 129 heavy (non-hydrogen) atoms. The maximum absolute atomic E-state index is 14.1. The fraction of sp³-hybridized carbons (Fsp3) is 0.174. The van der Waals surface area contributed by atoms with E-state index >= 15 is 0 Å². The molecule has 16 aromatic rings. The van der Waals surface area contributed by atoms with Crippen molar-refractivity contribution in [2.24, 2.45) is 0 Å². The minimum absolute atomic E-state index is 0.123. The minimum atomic E-state index is -3.91. The van der Waals surface area contributed by atoms with Gasteiger partial charge in [-0.15, -0.1) is 0 Å². The lowest BCUT2D eigenvalue weighted by Gasteiger charge is -2.28. The molecule has 29 nitrogen and oxygen atoms in total. The van der Waals surface area contributed by atoms with Crippen LogP contribution < -0.4 is 10.6 Å². The molecule has 0 radical (unpaired) electrons. The van der Waals surface area contributed by atoms with Gasteiger partial charge in [0, 0.05) is 159 Å².